The van der Waals surface area contributed by atoms with E-state index in [2.05, 4.69) is 10.3 Å². The topological polar surface area (TPSA) is 88.3 Å². The standard InChI is InChI=1S/C20H22N2O4S2/c1-26-18-4-2-3-17-20(18)16(10-21-17)15(13-5-7-27-11-13)9-19(23)22-14-6-8-28(24,25)12-14/h2-5,7,10-11,14-15,21H,6,8-9,12H2,1H3,(H,22,23)/t14-,15+/m0/s1. The molecule has 3 heterocycles. The molecule has 2 aromatic heterocycles. The van der Waals surface area contributed by atoms with Crippen LogP contribution in [0.3, 0.4) is 0 Å². The van der Waals surface area contributed by atoms with Gasteiger partial charge in [-0.1, -0.05) is 6.07 Å². The molecule has 0 bridgehead atoms. The Kier molecular flexibility index (Phi) is 5.16. The Bertz CT molecular complexity index is 1090. The molecule has 0 unspecified atom stereocenters. The van der Waals surface area contributed by atoms with Crippen LogP contribution >= 0.6 is 11.3 Å². The van der Waals surface area contributed by atoms with Crippen molar-refractivity contribution in [3.05, 3.63) is 52.3 Å². The van der Waals surface area contributed by atoms with Crippen molar-refractivity contribution < 1.29 is 17.9 Å². The Morgan fingerprint density at radius 3 is 2.93 bits per heavy atom. The molecule has 1 aliphatic heterocycles. The second-order valence-corrected chi connectivity index (χ2v) is 10.1. The van der Waals surface area contributed by atoms with E-state index in [1.54, 1.807) is 18.4 Å². The van der Waals surface area contributed by atoms with Crippen LogP contribution in [0.25, 0.3) is 10.9 Å². The van der Waals surface area contributed by atoms with Crippen LogP contribution in [0.4, 0.5) is 0 Å². The zero-order valence-electron chi connectivity index (χ0n) is 15.5. The van der Waals surface area contributed by atoms with Gasteiger partial charge in [-0.3, -0.25) is 4.79 Å². The summed E-state index contributed by atoms with van der Waals surface area (Å²) in [5.74, 6) is 0.655. The van der Waals surface area contributed by atoms with Crippen LogP contribution in [-0.2, 0) is 14.6 Å². The second kappa shape index (κ2) is 7.60. The number of rotatable bonds is 6. The van der Waals surface area contributed by atoms with E-state index in [1.165, 1.54) is 0 Å². The lowest BCUT2D eigenvalue weighted by atomic mass is 9.89. The van der Waals surface area contributed by atoms with Gasteiger partial charge in [-0.25, -0.2) is 8.42 Å². The minimum absolute atomic E-state index is 0.0305. The number of sulfone groups is 1. The summed E-state index contributed by atoms with van der Waals surface area (Å²) in [6, 6.07) is 7.55. The van der Waals surface area contributed by atoms with Crippen LogP contribution < -0.4 is 10.1 Å². The number of hydrogen-bond donors (Lipinski definition) is 2. The monoisotopic (exact) mass is 418 g/mol. The van der Waals surface area contributed by atoms with E-state index in [-0.39, 0.29) is 35.8 Å². The van der Waals surface area contributed by atoms with Crippen molar-refractivity contribution in [3.8, 4) is 5.75 Å². The van der Waals surface area contributed by atoms with Gasteiger partial charge in [-0.15, -0.1) is 0 Å². The first-order valence-corrected chi connectivity index (χ1v) is 11.9. The fraction of sp³-hybridized carbons (Fsp3) is 0.350. The lowest BCUT2D eigenvalue weighted by Gasteiger charge is -2.18. The number of carbonyl (C=O) groups excluding carboxylic acids is 1. The minimum atomic E-state index is -3.03. The molecule has 28 heavy (non-hydrogen) atoms. The maximum atomic E-state index is 12.8. The maximum absolute atomic E-state index is 12.8. The number of methoxy groups -OCH3 is 1. The number of benzene rings is 1. The zero-order valence-corrected chi connectivity index (χ0v) is 17.1. The fourth-order valence-electron chi connectivity index (χ4n) is 3.88. The average Bonchev–Trinajstić information content (AvgIpc) is 3.39. The van der Waals surface area contributed by atoms with E-state index >= 15 is 0 Å². The van der Waals surface area contributed by atoms with Gasteiger partial charge in [0.15, 0.2) is 9.84 Å². The zero-order chi connectivity index (χ0) is 19.7. The molecule has 6 nitrogen and oxygen atoms in total. The molecule has 0 radical (unpaired) electrons. The van der Waals surface area contributed by atoms with Gasteiger partial charge >= 0.3 is 0 Å². The highest BCUT2D eigenvalue weighted by molar-refractivity contribution is 7.91. The molecule has 1 aromatic carbocycles. The molecule has 0 spiro atoms. The van der Waals surface area contributed by atoms with E-state index in [4.69, 9.17) is 4.74 Å². The van der Waals surface area contributed by atoms with Crippen molar-refractivity contribution in [1.29, 1.82) is 0 Å². The van der Waals surface area contributed by atoms with E-state index < -0.39 is 9.84 Å². The Hall–Kier alpha value is -2.32. The summed E-state index contributed by atoms with van der Waals surface area (Å²) in [6.45, 7) is 0. The van der Waals surface area contributed by atoms with Crippen molar-refractivity contribution in [2.24, 2.45) is 0 Å². The number of aromatic amines is 1. The van der Waals surface area contributed by atoms with Gasteiger partial charge in [0.05, 0.1) is 18.6 Å². The highest BCUT2D eigenvalue weighted by Gasteiger charge is 2.30. The van der Waals surface area contributed by atoms with Gasteiger partial charge in [0.2, 0.25) is 5.91 Å². The van der Waals surface area contributed by atoms with Gasteiger partial charge in [-0.2, -0.15) is 11.3 Å². The van der Waals surface area contributed by atoms with Gasteiger partial charge in [0.1, 0.15) is 5.75 Å². The first-order chi connectivity index (χ1) is 13.5. The smallest absolute Gasteiger partial charge is 0.221 e. The van der Waals surface area contributed by atoms with E-state index in [9.17, 15) is 13.2 Å². The van der Waals surface area contributed by atoms with Crippen molar-refractivity contribution in [2.75, 3.05) is 18.6 Å². The van der Waals surface area contributed by atoms with Crippen LogP contribution in [0.1, 0.15) is 29.9 Å². The Morgan fingerprint density at radius 1 is 1.39 bits per heavy atom. The predicted octanol–water partition coefficient (Wildman–Crippen LogP) is 3.06. The average molecular weight is 419 g/mol. The van der Waals surface area contributed by atoms with Gasteiger partial charge < -0.3 is 15.0 Å². The summed E-state index contributed by atoms with van der Waals surface area (Å²) in [5.41, 5.74) is 3.02. The van der Waals surface area contributed by atoms with Gasteiger partial charge in [-0.05, 0) is 46.5 Å². The van der Waals surface area contributed by atoms with Crippen LogP contribution in [-0.4, -0.2) is 44.0 Å². The molecule has 0 aliphatic carbocycles. The predicted molar refractivity (Wildman–Crippen MR) is 111 cm³/mol. The number of nitrogens with one attached hydrogen (secondary N) is 2. The summed E-state index contributed by atoms with van der Waals surface area (Å²) in [5, 5.41) is 7.92. The Balaban J connectivity index is 1.63. The molecular formula is C20H22N2O4S2. The molecule has 2 N–H and O–H groups in total. The highest BCUT2D eigenvalue weighted by atomic mass is 32.2. The van der Waals surface area contributed by atoms with Crippen molar-refractivity contribution in [1.82, 2.24) is 10.3 Å². The number of ether oxygens (including phenoxy) is 1. The molecule has 8 heteroatoms. The molecule has 1 amide bonds. The van der Waals surface area contributed by atoms with Crippen molar-refractivity contribution >= 4 is 38.0 Å². The largest absolute Gasteiger partial charge is 0.496 e. The summed E-state index contributed by atoms with van der Waals surface area (Å²) in [6.07, 6.45) is 2.67. The molecule has 1 aliphatic rings. The number of thiophene rings is 1. The maximum Gasteiger partial charge on any atom is 0.221 e. The number of fused-ring (bicyclic) bond motifs is 1. The summed E-state index contributed by atoms with van der Waals surface area (Å²) < 4.78 is 28.9. The fourth-order valence-corrected chi connectivity index (χ4v) is 6.27. The summed E-state index contributed by atoms with van der Waals surface area (Å²) in [4.78, 5) is 16.0. The van der Waals surface area contributed by atoms with Gasteiger partial charge in [0.25, 0.3) is 0 Å². The molecule has 1 fully saturated rings. The molecular weight excluding hydrogens is 396 g/mol. The summed E-state index contributed by atoms with van der Waals surface area (Å²) in [7, 11) is -1.39. The normalized spacial score (nSPS) is 19.5. The minimum Gasteiger partial charge on any atom is -0.496 e. The SMILES string of the molecule is COc1cccc2[nH]cc([C@H](CC(=O)N[C@H]3CCS(=O)(=O)C3)c3ccsc3)c12. The number of carbonyl (C=O) groups is 1. The van der Waals surface area contributed by atoms with E-state index in [0.29, 0.717) is 6.42 Å². The van der Waals surface area contributed by atoms with E-state index in [1.807, 2.05) is 41.2 Å². The molecule has 2 atom stereocenters. The quantitative estimate of drug-likeness (QED) is 0.644. The van der Waals surface area contributed by atoms with E-state index in [0.717, 1.165) is 27.8 Å². The van der Waals surface area contributed by atoms with Crippen LogP contribution in [0, 0.1) is 0 Å². The molecule has 148 valence electrons. The van der Waals surface area contributed by atoms with Crippen molar-refractivity contribution in [3.63, 3.8) is 0 Å². The molecule has 4 rings (SSSR count). The third-order valence-electron chi connectivity index (χ3n) is 5.23. The first-order valence-electron chi connectivity index (χ1n) is 9.12. The number of hydrogen-bond acceptors (Lipinski definition) is 5. The van der Waals surface area contributed by atoms with Crippen molar-refractivity contribution in [2.45, 2.75) is 24.8 Å². The third kappa shape index (κ3) is 3.79. The summed E-state index contributed by atoms with van der Waals surface area (Å²) >= 11 is 1.59. The Morgan fingerprint density at radius 2 is 2.25 bits per heavy atom. The molecule has 1 saturated heterocycles. The third-order valence-corrected chi connectivity index (χ3v) is 7.70. The number of H-pyrrole nitrogens is 1. The second-order valence-electron chi connectivity index (χ2n) is 7.11. The lowest BCUT2D eigenvalue weighted by molar-refractivity contribution is -0.121. The molecule has 3 aromatic rings. The molecule has 0 saturated carbocycles. The Labute approximate surface area is 167 Å². The van der Waals surface area contributed by atoms with Crippen LogP contribution in [0.5, 0.6) is 5.75 Å². The van der Waals surface area contributed by atoms with Crippen LogP contribution in [0.2, 0.25) is 0 Å². The lowest BCUT2D eigenvalue weighted by Crippen LogP contribution is -2.36. The first kappa shape index (κ1) is 19.0. The highest BCUT2D eigenvalue weighted by Crippen LogP contribution is 2.38. The number of aromatic nitrogens is 1. The van der Waals surface area contributed by atoms with Crippen LogP contribution in [0.15, 0.2) is 41.2 Å². The number of amides is 1. The van der Waals surface area contributed by atoms with Gasteiger partial charge in [0, 0.05) is 35.5 Å².